The number of aromatic nitrogens is 1. The summed E-state index contributed by atoms with van der Waals surface area (Å²) < 4.78 is 7.28. The Kier molecular flexibility index (Phi) is 4.21. The van der Waals surface area contributed by atoms with Crippen molar-refractivity contribution in [1.82, 2.24) is 4.57 Å². The van der Waals surface area contributed by atoms with Crippen molar-refractivity contribution >= 4 is 28.3 Å². The molecule has 0 aliphatic carbocycles. The summed E-state index contributed by atoms with van der Waals surface area (Å²) in [5.41, 5.74) is 4.80. The van der Waals surface area contributed by atoms with Crippen LogP contribution >= 0.6 is 0 Å². The summed E-state index contributed by atoms with van der Waals surface area (Å²) in [6.45, 7) is 1.73. The standard InChI is InChI=1S/C22H19NO2/c24-16-25-15-18-10-11-22-20(14-18)19-8-4-5-9-21(19)23(22)13-12-17-6-2-1-3-7-17/h1-11,14,16H,12-13,15H2. The SMILES string of the molecule is O=COCc1ccc2c(c1)c1ccccc1n2CCc1ccccc1. The highest BCUT2D eigenvalue weighted by Crippen LogP contribution is 2.30. The Morgan fingerprint density at radius 2 is 1.56 bits per heavy atom. The second-order valence-corrected chi connectivity index (χ2v) is 6.16. The summed E-state index contributed by atoms with van der Waals surface area (Å²) in [4.78, 5) is 10.5. The van der Waals surface area contributed by atoms with Crippen LogP contribution in [0.2, 0.25) is 0 Å². The Hall–Kier alpha value is -3.07. The van der Waals surface area contributed by atoms with E-state index >= 15 is 0 Å². The van der Waals surface area contributed by atoms with Crippen LogP contribution in [-0.2, 0) is 29.1 Å². The van der Waals surface area contributed by atoms with Crippen molar-refractivity contribution in [3.8, 4) is 0 Å². The molecule has 25 heavy (non-hydrogen) atoms. The zero-order chi connectivity index (χ0) is 17.1. The third-order valence-electron chi connectivity index (χ3n) is 4.62. The van der Waals surface area contributed by atoms with E-state index in [-0.39, 0.29) is 0 Å². The average Bonchev–Trinajstić information content (AvgIpc) is 2.99. The van der Waals surface area contributed by atoms with Crippen molar-refractivity contribution in [1.29, 1.82) is 0 Å². The number of para-hydroxylation sites is 1. The van der Waals surface area contributed by atoms with Gasteiger partial charge in [0.2, 0.25) is 0 Å². The largest absolute Gasteiger partial charge is 0.463 e. The van der Waals surface area contributed by atoms with Gasteiger partial charge in [0.05, 0.1) is 0 Å². The number of rotatable bonds is 6. The summed E-state index contributed by atoms with van der Waals surface area (Å²) in [5.74, 6) is 0. The Morgan fingerprint density at radius 3 is 2.40 bits per heavy atom. The van der Waals surface area contributed by atoms with Crippen LogP contribution in [0.1, 0.15) is 11.1 Å². The van der Waals surface area contributed by atoms with Crippen LogP contribution in [-0.4, -0.2) is 11.0 Å². The number of hydrogen-bond acceptors (Lipinski definition) is 2. The Bertz CT molecular complexity index is 1020. The zero-order valence-corrected chi connectivity index (χ0v) is 13.9. The summed E-state index contributed by atoms with van der Waals surface area (Å²) in [7, 11) is 0. The van der Waals surface area contributed by atoms with E-state index in [1.165, 1.54) is 27.4 Å². The van der Waals surface area contributed by atoms with Gasteiger partial charge in [-0.2, -0.15) is 0 Å². The molecule has 0 saturated carbocycles. The number of benzene rings is 3. The molecule has 3 aromatic carbocycles. The first-order valence-corrected chi connectivity index (χ1v) is 8.46. The molecule has 0 bridgehead atoms. The molecule has 0 fully saturated rings. The number of hydrogen-bond donors (Lipinski definition) is 0. The molecule has 3 nitrogen and oxygen atoms in total. The van der Waals surface area contributed by atoms with Crippen LogP contribution in [0.3, 0.4) is 0 Å². The van der Waals surface area contributed by atoms with Gasteiger partial charge in [0, 0.05) is 28.4 Å². The summed E-state index contributed by atoms with van der Waals surface area (Å²) in [5, 5.41) is 2.44. The van der Waals surface area contributed by atoms with Crippen LogP contribution in [0, 0.1) is 0 Å². The van der Waals surface area contributed by atoms with Gasteiger partial charge in [0.1, 0.15) is 6.61 Å². The minimum absolute atomic E-state index is 0.308. The first kappa shape index (κ1) is 15.5. The highest BCUT2D eigenvalue weighted by Gasteiger charge is 2.11. The van der Waals surface area contributed by atoms with Crippen molar-refractivity contribution in [2.24, 2.45) is 0 Å². The minimum atomic E-state index is 0.308. The van der Waals surface area contributed by atoms with E-state index in [0.29, 0.717) is 13.1 Å². The van der Waals surface area contributed by atoms with E-state index in [4.69, 9.17) is 4.74 Å². The second-order valence-electron chi connectivity index (χ2n) is 6.16. The fraction of sp³-hybridized carbons (Fsp3) is 0.136. The maximum Gasteiger partial charge on any atom is 0.293 e. The van der Waals surface area contributed by atoms with Crippen molar-refractivity contribution in [2.45, 2.75) is 19.6 Å². The summed E-state index contributed by atoms with van der Waals surface area (Å²) >= 11 is 0. The second kappa shape index (κ2) is 6.81. The lowest BCUT2D eigenvalue weighted by molar-refractivity contribution is -0.129. The van der Waals surface area contributed by atoms with Gasteiger partial charge in [-0.3, -0.25) is 4.79 Å². The van der Waals surface area contributed by atoms with Crippen molar-refractivity contribution in [2.75, 3.05) is 0 Å². The molecule has 1 aromatic heterocycles. The molecule has 0 saturated heterocycles. The lowest BCUT2D eigenvalue weighted by atomic mass is 10.1. The summed E-state index contributed by atoms with van der Waals surface area (Å²) in [6, 6.07) is 25.3. The number of aryl methyl sites for hydroxylation is 2. The molecule has 0 atom stereocenters. The molecule has 124 valence electrons. The number of carbonyl (C=O) groups is 1. The van der Waals surface area contributed by atoms with Gasteiger partial charge in [0.25, 0.3) is 6.47 Å². The molecule has 0 amide bonds. The molecule has 4 rings (SSSR count). The Balaban J connectivity index is 1.77. The van der Waals surface area contributed by atoms with Crippen LogP contribution in [0.15, 0.2) is 72.8 Å². The molecule has 0 spiro atoms. The van der Waals surface area contributed by atoms with E-state index in [1.54, 1.807) is 0 Å². The van der Waals surface area contributed by atoms with Crippen LogP contribution in [0.4, 0.5) is 0 Å². The van der Waals surface area contributed by atoms with E-state index in [0.717, 1.165) is 18.5 Å². The fourth-order valence-electron chi connectivity index (χ4n) is 3.45. The predicted octanol–water partition coefficient (Wildman–Crippen LogP) is 4.71. The van der Waals surface area contributed by atoms with Gasteiger partial charge >= 0.3 is 0 Å². The van der Waals surface area contributed by atoms with Crippen LogP contribution < -0.4 is 0 Å². The average molecular weight is 329 g/mol. The molecule has 4 aromatic rings. The van der Waals surface area contributed by atoms with E-state index in [2.05, 4.69) is 65.2 Å². The number of fused-ring (bicyclic) bond motifs is 3. The monoisotopic (exact) mass is 329 g/mol. The van der Waals surface area contributed by atoms with E-state index < -0.39 is 0 Å². The Morgan fingerprint density at radius 1 is 0.800 bits per heavy atom. The van der Waals surface area contributed by atoms with Crippen molar-refractivity contribution in [3.63, 3.8) is 0 Å². The van der Waals surface area contributed by atoms with Crippen molar-refractivity contribution in [3.05, 3.63) is 83.9 Å². The van der Waals surface area contributed by atoms with Gasteiger partial charge in [-0.25, -0.2) is 0 Å². The smallest absolute Gasteiger partial charge is 0.293 e. The predicted molar refractivity (Wildman–Crippen MR) is 100 cm³/mol. The molecule has 3 heteroatoms. The molecule has 0 aliphatic rings. The third kappa shape index (κ3) is 3.01. The third-order valence-corrected chi connectivity index (χ3v) is 4.62. The minimum Gasteiger partial charge on any atom is -0.463 e. The maximum absolute atomic E-state index is 10.5. The molecular formula is C22H19NO2. The lowest BCUT2D eigenvalue weighted by Gasteiger charge is -2.08. The Labute approximate surface area is 146 Å². The molecule has 0 aliphatic heterocycles. The lowest BCUT2D eigenvalue weighted by Crippen LogP contribution is -2.01. The van der Waals surface area contributed by atoms with Gasteiger partial charge in [-0.1, -0.05) is 54.6 Å². The molecule has 0 N–H and O–H groups in total. The van der Waals surface area contributed by atoms with Crippen LogP contribution in [0.25, 0.3) is 21.8 Å². The fourth-order valence-corrected chi connectivity index (χ4v) is 3.45. The number of nitrogens with zero attached hydrogens (tertiary/aromatic N) is 1. The zero-order valence-electron chi connectivity index (χ0n) is 13.9. The van der Waals surface area contributed by atoms with Gasteiger partial charge < -0.3 is 9.30 Å². The number of carbonyl (C=O) groups excluding carboxylic acids is 1. The summed E-state index contributed by atoms with van der Waals surface area (Å²) in [6.07, 6.45) is 0.991. The highest BCUT2D eigenvalue weighted by molar-refractivity contribution is 6.08. The molecule has 0 radical (unpaired) electrons. The quantitative estimate of drug-likeness (QED) is 0.480. The normalized spacial score (nSPS) is 11.0. The topological polar surface area (TPSA) is 31.2 Å². The maximum atomic E-state index is 10.5. The highest BCUT2D eigenvalue weighted by atomic mass is 16.5. The molecule has 1 heterocycles. The first-order chi connectivity index (χ1) is 12.4. The van der Waals surface area contributed by atoms with Crippen LogP contribution in [0.5, 0.6) is 0 Å². The van der Waals surface area contributed by atoms with E-state index in [9.17, 15) is 4.79 Å². The number of ether oxygens (including phenoxy) is 1. The van der Waals surface area contributed by atoms with Gasteiger partial charge in [0.15, 0.2) is 0 Å². The first-order valence-electron chi connectivity index (χ1n) is 8.46. The van der Waals surface area contributed by atoms with Gasteiger partial charge in [-0.05, 0) is 35.7 Å². The molecule has 0 unspecified atom stereocenters. The van der Waals surface area contributed by atoms with Crippen molar-refractivity contribution < 1.29 is 9.53 Å². The van der Waals surface area contributed by atoms with E-state index in [1.807, 2.05) is 12.1 Å². The molecular weight excluding hydrogens is 310 g/mol. The van der Waals surface area contributed by atoms with Gasteiger partial charge in [-0.15, -0.1) is 0 Å².